The fourth-order valence-corrected chi connectivity index (χ4v) is 5.37. The normalized spacial score (nSPS) is 12.0. The summed E-state index contributed by atoms with van der Waals surface area (Å²) in [5, 5.41) is 0. The van der Waals surface area contributed by atoms with E-state index in [1.807, 2.05) is 0 Å². The van der Waals surface area contributed by atoms with E-state index in [1.165, 1.54) is 180 Å². The molecular weight excluding hydrogens is 500 g/mol. The molecule has 0 bridgehead atoms. The van der Waals surface area contributed by atoms with E-state index in [0.29, 0.717) is 0 Å². The van der Waals surface area contributed by atoms with Crippen LogP contribution in [0.1, 0.15) is 200 Å². The molecule has 2 nitrogen and oxygen atoms in total. The van der Waals surface area contributed by atoms with Gasteiger partial charge in [-0.1, -0.05) is 154 Å². The van der Waals surface area contributed by atoms with Gasteiger partial charge in [-0.05, 0) is 70.6 Å². The van der Waals surface area contributed by atoms with Crippen molar-refractivity contribution in [3.63, 3.8) is 0 Å². The molecule has 0 aliphatic carbocycles. The van der Waals surface area contributed by atoms with Crippen molar-refractivity contribution < 1.29 is 9.47 Å². The molecule has 0 saturated heterocycles. The van der Waals surface area contributed by atoms with Crippen LogP contribution in [-0.2, 0) is 9.47 Å². The predicted octanol–water partition coefficient (Wildman–Crippen LogP) is 13.5. The van der Waals surface area contributed by atoms with E-state index in [0.717, 1.165) is 32.8 Å². The highest BCUT2D eigenvalue weighted by atomic mass is 16.5. The molecule has 0 spiro atoms. The third-order valence-electron chi connectivity index (χ3n) is 8.18. The van der Waals surface area contributed by atoms with Gasteiger partial charge < -0.3 is 9.47 Å². The molecule has 0 aromatic rings. The Morgan fingerprint density at radius 1 is 0.268 bits per heavy atom. The lowest BCUT2D eigenvalue weighted by atomic mass is 10.1. The van der Waals surface area contributed by atoms with Crippen LogP contribution in [0.3, 0.4) is 0 Å². The summed E-state index contributed by atoms with van der Waals surface area (Å²) in [6.07, 6.45) is 48.8. The van der Waals surface area contributed by atoms with E-state index in [1.54, 1.807) is 0 Å². The third-order valence-corrected chi connectivity index (χ3v) is 8.18. The van der Waals surface area contributed by atoms with Gasteiger partial charge in [0.1, 0.15) is 0 Å². The van der Waals surface area contributed by atoms with Crippen molar-refractivity contribution in [2.24, 2.45) is 0 Å². The zero-order chi connectivity index (χ0) is 29.6. The van der Waals surface area contributed by atoms with Gasteiger partial charge in [0.05, 0.1) is 0 Å². The first-order valence-electron chi connectivity index (χ1n) is 18.9. The summed E-state index contributed by atoms with van der Waals surface area (Å²) in [5.74, 6) is 0. The Balaban J connectivity index is 3.09. The maximum Gasteiger partial charge on any atom is 0.0487 e. The van der Waals surface area contributed by atoms with Crippen molar-refractivity contribution in [2.45, 2.75) is 200 Å². The zero-order valence-electron chi connectivity index (χ0n) is 28.5. The van der Waals surface area contributed by atoms with Crippen molar-refractivity contribution in [1.29, 1.82) is 0 Å². The quantitative estimate of drug-likeness (QED) is 0.0545. The van der Waals surface area contributed by atoms with Gasteiger partial charge in [-0.25, -0.2) is 0 Å². The van der Waals surface area contributed by atoms with Crippen molar-refractivity contribution >= 4 is 0 Å². The predicted molar refractivity (Wildman–Crippen MR) is 185 cm³/mol. The largest absolute Gasteiger partial charge is 0.381 e. The molecule has 0 heterocycles. The highest BCUT2D eigenvalue weighted by Crippen LogP contribution is 2.11. The smallest absolute Gasteiger partial charge is 0.0487 e. The van der Waals surface area contributed by atoms with Gasteiger partial charge in [-0.15, -0.1) is 0 Å². The third kappa shape index (κ3) is 39.4. The summed E-state index contributed by atoms with van der Waals surface area (Å²) < 4.78 is 11.6. The first-order valence-corrected chi connectivity index (χ1v) is 18.9. The lowest BCUT2D eigenvalue weighted by Crippen LogP contribution is -2.03. The monoisotopic (exact) mass is 577 g/mol. The standard InChI is InChI=1S/C39H76O2/c1-3-5-7-9-11-13-15-17-19-21-23-25-27-29-31-33-36-40-38-35-39-41-37-34-32-30-28-26-24-22-20-18-16-14-12-10-8-6-4-2/h17-20H,3-16,21-39H2,1-2H3/b19-17-,20-18-. The highest BCUT2D eigenvalue weighted by Gasteiger charge is 1.95. The number of allylic oxidation sites excluding steroid dienone is 4. The van der Waals surface area contributed by atoms with Gasteiger partial charge in [0.25, 0.3) is 0 Å². The Labute approximate surface area is 259 Å². The van der Waals surface area contributed by atoms with Gasteiger partial charge in [0.2, 0.25) is 0 Å². The Kier molecular flexibility index (Phi) is 38.8. The van der Waals surface area contributed by atoms with Crippen LogP contribution >= 0.6 is 0 Å². The number of hydrogen-bond donors (Lipinski definition) is 0. The zero-order valence-corrected chi connectivity index (χ0v) is 28.5. The number of unbranched alkanes of at least 4 members (excludes halogenated alkanes) is 24. The van der Waals surface area contributed by atoms with Gasteiger partial charge in [0.15, 0.2) is 0 Å². The molecule has 0 unspecified atom stereocenters. The van der Waals surface area contributed by atoms with E-state index in [-0.39, 0.29) is 0 Å². The topological polar surface area (TPSA) is 18.5 Å². The molecule has 0 N–H and O–H groups in total. The average Bonchev–Trinajstić information content (AvgIpc) is 2.98. The van der Waals surface area contributed by atoms with Crippen LogP contribution in [0.4, 0.5) is 0 Å². The van der Waals surface area contributed by atoms with Crippen molar-refractivity contribution in [1.82, 2.24) is 0 Å². The molecule has 0 aromatic heterocycles. The summed E-state index contributed by atoms with van der Waals surface area (Å²) in [6, 6.07) is 0. The molecule has 0 amide bonds. The van der Waals surface area contributed by atoms with Gasteiger partial charge in [-0.3, -0.25) is 0 Å². The summed E-state index contributed by atoms with van der Waals surface area (Å²) in [4.78, 5) is 0. The van der Waals surface area contributed by atoms with Crippen LogP contribution in [0.2, 0.25) is 0 Å². The Hall–Kier alpha value is -0.600. The lowest BCUT2D eigenvalue weighted by Gasteiger charge is -2.06. The molecule has 0 aliphatic rings. The van der Waals surface area contributed by atoms with Crippen LogP contribution in [-0.4, -0.2) is 26.4 Å². The molecule has 2 heteroatoms. The van der Waals surface area contributed by atoms with Gasteiger partial charge >= 0.3 is 0 Å². The number of rotatable bonds is 36. The van der Waals surface area contributed by atoms with Crippen LogP contribution < -0.4 is 0 Å². The summed E-state index contributed by atoms with van der Waals surface area (Å²) in [6.45, 7) is 8.15. The number of ether oxygens (including phenoxy) is 2. The van der Waals surface area contributed by atoms with E-state index in [4.69, 9.17) is 9.47 Å². The minimum atomic E-state index is 0.860. The Bertz CT molecular complexity index is 454. The molecular formula is C39H76O2. The lowest BCUT2D eigenvalue weighted by molar-refractivity contribution is 0.0794. The SMILES string of the molecule is CCCCCCCC/C=C\CCCCCCCCOCCCOCCCCCCCC/C=C\CCCCCCCC. The fraction of sp³-hybridized carbons (Fsp3) is 0.897. The van der Waals surface area contributed by atoms with Crippen LogP contribution in [0.25, 0.3) is 0 Å². The van der Waals surface area contributed by atoms with Crippen molar-refractivity contribution in [3.8, 4) is 0 Å². The average molecular weight is 577 g/mol. The van der Waals surface area contributed by atoms with E-state index in [2.05, 4.69) is 38.2 Å². The molecule has 0 aromatic carbocycles. The summed E-state index contributed by atoms with van der Waals surface area (Å²) in [7, 11) is 0. The molecule has 41 heavy (non-hydrogen) atoms. The van der Waals surface area contributed by atoms with Crippen molar-refractivity contribution in [2.75, 3.05) is 26.4 Å². The van der Waals surface area contributed by atoms with Crippen LogP contribution in [0.15, 0.2) is 24.3 Å². The summed E-state index contributed by atoms with van der Waals surface area (Å²) in [5.41, 5.74) is 0. The summed E-state index contributed by atoms with van der Waals surface area (Å²) >= 11 is 0. The minimum Gasteiger partial charge on any atom is -0.381 e. The van der Waals surface area contributed by atoms with E-state index in [9.17, 15) is 0 Å². The molecule has 0 fully saturated rings. The second kappa shape index (κ2) is 39.4. The van der Waals surface area contributed by atoms with Gasteiger partial charge in [0, 0.05) is 26.4 Å². The molecule has 0 radical (unpaired) electrons. The van der Waals surface area contributed by atoms with Crippen molar-refractivity contribution in [3.05, 3.63) is 24.3 Å². The highest BCUT2D eigenvalue weighted by molar-refractivity contribution is 4.82. The van der Waals surface area contributed by atoms with E-state index >= 15 is 0 Å². The first-order chi connectivity index (χ1) is 20.4. The number of hydrogen-bond acceptors (Lipinski definition) is 2. The Morgan fingerprint density at radius 2 is 0.512 bits per heavy atom. The molecule has 0 atom stereocenters. The fourth-order valence-electron chi connectivity index (χ4n) is 5.37. The Morgan fingerprint density at radius 3 is 0.829 bits per heavy atom. The molecule has 0 rings (SSSR count). The molecule has 0 saturated carbocycles. The van der Waals surface area contributed by atoms with Crippen LogP contribution in [0.5, 0.6) is 0 Å². The maximum absolute atomic E-state index is 5.80. The second-order valence-corrected chi connectivity index (χ2v) is 12.5. The minimum absolute atomic E-state index is 0.860. The molecule has 244 valence electrons. The second-order valence-electron chi connectivity index (χ2n) is 12.5. The molecule has 0 aliphatic heterocycles. The first kappa shape index (κ1) is 40.4. The van der Waals surface area contributed by atoms with Gasteiger partial charge in [-0.2, -0.15) is 0 Å². The maximum atomic E-state index is 5.80. The van der Waals surface area contributed by atoms with E-state index < -0.39 is 0 Å². The van der Waals surface area contributed by atoms with Crippen LogP contribution in [0, 0.1) is 0 Å².